The number of hydrogen-bond donors (Lipinski definition) is 1. The molecule has 1 saturated carbocycles. The first kappa shape index (κ1) is 9.04. The molecule has 0 amide bonds. The Hall–Kier alpha value is -0.530. The Kier molecular flexibility index (Phi) is 2.56. The summed E-state index contributed by atoms with van der Waals surface area (Å²) in [4.78, 5) is 0. The van der Waals surface area contributed by atoms with Gasteiger partial charge in [-0.2, -0.15) is 0 Å². The highest BCUT2D eigenvalue weighted by atomic mass is 35.5. The SMILES string of the molecule is CNC(c1ccc(Cl)cc1)C1CC1. The number of hydrogen-bond acceptors (Lipinski definition) is 1. The lowest BCUT2D eigenvalue weighted by Crippen LogP contribution is -2.17. The van der Waals surface area contributed by atoms with Crippen LogP contribution in [-0.4, -0.2) is 7.05 Å². The first-order valence-corrected chi connectivity index (χ1v) is 5.12. The molecule has 1 aliphatic rings. The average molecular weight is 196 g/mol. The molecule has 70 valence electrons. The van der Waals surface area contributed by atoms with Crippen LogP contribution in [0.1, 0.15) is 24.4 Å². The van der Waals surface area contributed by atoms with Gasteiger partial charge in [0.15, 0.2) is 0 Å². The molecule has 1 nitrogen and oxygen atoms in total. The summed E-state index contributed by atoms with van der Waals surface area (Å²) < 4.78 is 0. The number of nitrogens with one attached hydrogen (secondary N) is 1. The summed E-state index contributed by atoms with van der Waals surface area (Å²) in [7, 11) is 2.03. The first-order valence-electron chi connectivity index (χ1n) is 4.74. The Balaban J connectivity index is 2.17. The molecule has 1 fully saturated rings. The van der Waals surface area contributed by atoms with Gasteiger partial charge in [-0.25, -0.2) is 0 Å². The Bertz CT molecular complexity index is 277. The molecule has 1 atom stereocenters. The van der Waals surface area contributed by atoms with Gasteiger partial charge in [0.2, 0.25) is 0 Å². The second-order valence-corrected chi connectivity index (χ2v) is 4.09. The van der Waals surface area contributed by atoms with Gasteiger partial charge in [-0.05, 0) is 43.5 Å². The number of halogens is 1. The van der Waals surface area contributed by atoms with Crippen molar-refractivity contribution in [2.24, 2.45) is 5.92 Å². The largest absolute Gasteiger partial charge is 0.313 e. The normalized spacial score (nSPS) is 18.6. The predicted molar refractivity (Wildman–Crippen MR) is 56.0 cm³/mol. The van der Waals surface area contributed by atoms with E-state index in [1.807, 2.05) is 19.2 Å². The van der Waals surface area contributed by atoms with Crippen molar-refractivity contribution < 1.29 is 0 Å². The van der Waals surface area contributed by atoms with Gasteiger partial charge in [0.05, 0.1) is 0 Å². The van der Waals surface area contributed by atoms with Gasteiger partial charge in [-0.3, -0.25) is 0 Å². The monoisotopic (exact) mass is 195 g/mol. The predicted octanol–water partition coefficient (Wildman–Crippen LogP) is 3.01. The molecule has 1 unspecified atom stereocenters. The summed E-state index contributed by atoms with van der Waals surface area (Å²) in [5.74, 6) is 0.839. The minimum Gasteiger partial charge on any atom is -0.313 e. The Morgan fingerprint density at radius 1 is 1.31 bits per heavy atom. The van der Waals surface area contributed by atoms with Crippen molar-refractivity contribution in [3.63, 3.8) is 0 Å². The summed E-state index contributed by atoms with van der Waals surface area (Å²) in [6.07, 6.45) is 2.71. The molecule has 0 saturated heterocycles. The fraction of sp³-hybridized carbons (Fsp3) is 0.455. The fourth-order valence-electron chi connectivity index (χ4n) is 1.77. The van der Waals surface area contributed by atoms with Gasteiger partial charge in [0.1, 0.15) is 0 Å². The number of benzene rings is 1. The highest BCUT2D eigenvalue weighted by Crippen LogP contribution is 2.40. The molecule has 1 N–H and O–H groups in total. The van der Waals surface area contributed by atoms with Crippen LogP contribution >= 0.6 is 11.6 Å². The van der Waals surface area contributed by atoms with Gasteiger partial charge in [0, 0.05) is 11.1 Å². The maximum absolute atomic E-state index is 5.83. The van der Waals surface area contributed by atoms with Crippen LogP contribution < -0.4 is 5.32 Å². The summed E-state index contributed by atoms with van der Waals surface area (Å²) >= 11 is 5.83. The van der Waals surface area contributed by atoms with Crippen molar-refractivity contribution in [2.45, 2.75) is 18.9 Å². The van der Waals surface area contributed by atoms with Crippen LogP contribution in [0.5, 0.6) is 0 Å². The lowest BCUT2D eigenvalue weighted by atomic mass is 10.0. The van der Waals surface area contributed by atoms with Crippen molar-refractivity contribution in [1.82, 2.24) is 5.32 Å². The van der Waals surface area contributed by atoms with E-state index in [2.05, 4.69) is 17.4 Å². The van der Waals surface area contributed by atoms with E-state index >= 15 is 0 Å². The van der Waals surface area contributed by atoms with Crippen LogP contribution in [0.3, 0.4) is 0 Å². The molecule has 0 bridgehead atoms. The molecule has 2 heteroatoms. The third-order valence-corrected chi connectivity index (χ3v) is 2.89. The zero-order valence-electron chi connectivity index (χ0n) is 7.76. The highest BCUT2D eigenvalue weighted by molar-refractivity contribution is 6.30. The van der Waals surface area contributed by atoms with Gasteiger partial charge < -0.3 is 5.32 Å². The third kappa shape index (κ3) is 2.04. The van der Waals surface area contributed by atoms with E-state index in [4.69, 9.17) is 11.6 Å². The molecule has 0 aromatic heterocycles. The van der Waals surface area contributed by atoms with Gasteiger partial charge in [0.25, 0.3) is 0 Å². The van der Waals surface area contributed by atoms with Crippen LogP contribution in [0.25, 0.3) is 0 Å². The van der Waals surface area contributed by atoms with Gasteiger partial charge in [-0.15, -0.1) is 0 Å². The van der Waals surface area contributed by atoms with Crippen molar-refractivity contribution in [3.05, 3.63) is 34.9 Å². The molecular formula is C11H14ClN. The van der Waals surface area contributed by atoms with Crippen LogP contribution in [0.2, 0.25) is 5.02 Å². The maximum atomic E-state index is 5.83. The second-order valence-electron chi connectivity index (χ2n) is 3.66. The Labute approximate surface area is 84.1 Å². The smallest absolute Gasteiger partial charge is 0.0406 e. The Morgan fingerprint density at radius 3 is 2.38 bits per heavy atom. The standard InChI is InChI=1S/C11H14ClN/c1-13-11(8-2-3-8)9-4-6-10(12)7-5-9/h4-8,11,13H,2-3H2,1H3. The van der Waals surface area contributed by atoms with E-state index in [0.717, 1.165) is 10.9 Å². The van der Waals surface area contributed by atoms with Crippen LogP contribution in [0, 0.1) is 5.92 Å². The molecule has 1 aromatic rings. The fourth-order valence-corrected chi connectivity index (χ4v) is 1.90. The lowest BCUT2D eigenvalue weighted by Gasteiger charge is -2.15. The minimum atomic E-state index is 0.525. The van der Waals surface area contributed by atoms with Crippen molar-refractivity contribution in [2.75, 3.05) is 7.05 Å². The second kappa shape index (κ2) is 3.69. The first-order chi connectivity index (χ1) is 6.31. The van der Waals surface area contributed by atoms with E-state index in [9.17, 15) is 0 Å². The Morgan fingerprint density at radius 2 is 1.92 bits per heavy atom. The topological polar surface area (TPSA) is 12.0 Å². The van der Waals surface area contributed by atoms with Gasteiger partial charge in [-0.1, -0.05) is 23.7 Å². The molecule has 0 radical (unpaired) electrons. The van der Waals surface area contributed by atoms with Crippen molar-refractivity contribution in [3.8, 4) is 0 Å². The van der Waals surface area contributed by atoms with E-state index in [1.54, 1.807) is 0 Å². The highest BCUT2D eigenvalue weighted by Gasteiger charge is 2.30. The van der Waals surface area contributed by atoms with E-state index in [-0.39, 0.29) is 0 Å². The van der Waals surface area contributed by atoms with Crippen LogP contribution in [0.4, 0.5) is 0 Å². The molecule has 1 aromatic carbocycles. The zero-order chi connectivity index (χ0) is 9.26. The molecule has 0 aliphatic heterocycles. The molecule has 2 rings (SSSR count). The lowest BCUT2D eigenvalue weighted by molar-refractivity contribution is 0.529. The van der Waals surface area contributed by atoms with E-state index < -0.39 is 0 Å². The van der Waals surface area contributed by atoms with Crippen LogP contribution in [0.15, 0.2) is 24.3 Å². The minimum absolute atomic E-state index is 0.525. The third-order valence-electron chi connectivity index (χ3n) is 2.63. The summed E-state index contributed by atoms with van der Waals surface area (Å²) in [5.41, 5.74) is 1.36. The summed E-state index contributed by atoms with van der Waals surface area (Å²) in [6, 6.07) is 8.67. The number of rotatable bonds is 3. The average Bonchev–Trinajstić information content (AvgIpc) is 2.93. The molecule has 1 aliphatic carbocycles. The van der Waals surface area contributed by atoms with Crippen molar-refractivity contribution in [1.29, 1.82) is 0 Å². The summed E-state index contributed by atoms with van der Waals surface area (Å²) in [5, 5.41) is 4.17. The quantitative estimate of drug-likeness (QED) is 0.782. The molecule has 0 heterocycles. The van der Waals surface area contributed by atoms with Crippen molar-refractivity contribution >= 4 is 11.6 Å². The van der Waals surface area contributed by atoms with Gasteiger partial charge >= 0.3 is 0 Å². The van der Waals surface area contributed by atoms with E-state index in [1.165, 1.54) is 18.4 Å². The zero-order valence-corrected chi connectivity index (χ0v) is 8.51. The van der Waals surface area contributed by atoms with Crippen LogP contribution in [-0.2, 0) is 0 Å². The maximum Gasteiger partial charge on any atom is 0.0406 e. The molecule has 0 spiro atoms. The van der Waals surface area contributed by atoms with E-state index in [0.29, 0.717) is 6.04 Å². The molecular weight excluding hydrogens is 182 g/mol. The summed E-state index contributed by atoms with van der Waals surface area (Å²) in [6.45, 7) is 0. The molecule has 13 heavy (non-hydrogen) atoms.